The number of halogens is 2. The van der Waals surface area contributed by atoms with Gasteiger partial charge in [-0.3, -0.25) is 9.59 Å². The zero-order chi connectivity index (χ0) is 25.9. The van der Waals surface area contributed by atoms with Gasteiger partial charge in [0, 0.05) is 41.6 Å². The van der Waals surface area contributed by atoms with Crippen LogP contribution in [0, 0.1) is 5.82 Å². The molecule has 0 radical (unpaired) electrons. The molecule has 0 aliphatic heterocycles. The molecule has 0 saturated heterocycles. The van der Waals surface area contributed by atoms with Crippen molar-refractivity contribution in [3.05, 3.63) is 94.0 Å². The summed E-state index contributed by atoms with van der Waals surface area (Å²) in [6.45, 7) is 6.38. The Labute approximate surface area is 222 Å². The Morgan fingerprint density at radius 1 is 0.917 bits per heavy atom. The number of benzene rings is 2. The summed E-state index contributed by atoms with van der Waals surface area (Å²) in [5.41, 5.74) is 2.48. The highest BCUT2D eigenvalue weighted by molar-refractivity contribution is 9.10. The van der Waals surface area contributed by atoms with Gasteiger partial charge in [-0.15, -0.1) is 0 Å². The largest absolute Gasteiger partial charge is 0.345 e. The number of carbonyl (C=O) groups excluding carboxylic acids is 2. The van der Waals surface area contributed by atoms with Crippen molar-refractivity contribution in [1.82, 2.24) is 14.4 Å². The molecular weight excluding hydrogens is 521 g/mol. The van der Waals surface area contributed by atoms with E-state index in [0.717, 1.165) is 35.8 Å². The van der Waals surface area contributed by atoms with Crippen LogP contribution in [0.25, 0.3) is 0 Å². The molecule has 0 atom stereocenters. The average Bonchev–Trinajstić information content (AvgIpc) is 3.31. The predicted octanol–water partition coefficient (Wildman–Crippen LogP) is 6.51. The molecule has 192 valence electrons. The first-order chi connectivity index (χ1) is 17.4. The molecule has 2 amide bonds. The van der Waals surface area contributed by atoms with Crippen LogP contribution in [0.5, 0.6) is 0 Å². The smallest absolute Gasteiger partial charge is 0.254 e. The lowest BCUT2D eigenvalue weighted by atomic mass is 10.1. The molecule has 5 nitrogen and oxygen atoms in total. The first-order valence-electron chi connectivity index (χ1n) is 12.6. The summed E-state index contributed by atoms with van der Waals surface area (Å²) in [6, 6.07) is 17.9. The zero-order valence-electron chi connectivity index (χ0n) is 21.1. The standard InChI is InChI=1S/C29H35BrFN3O2/c1-3-5-16-33(21-27-11-8-18-32(27)20-23-12-14-25(30)15-13-23)28(35)22-34(17-6-4-2)29(36)24-9-7-10-26(31)19-24/h7-15,18-19H,3-6,16-17,20-22H2,1-2H3. The molecule has 3 rings (SSSR count). The third-order valence-electron chi connectivity index (χ3n) is 6.14. The molecule has 7 heteroatoms. The van der Waals surface area contributed by atoms with Crippen LogP contribution >= 0.6 is 15.9 Å². The molecule has 0 spiro atoms. The normalized spacial score (nSPS) is 10.9. The minimum absolute atomic E-state index is 0.0213. The van der Waals surface area contributed by atoms with Crippen molar-refractivity contribution in [3.63, 3.8) is 0 Å². The Hall–Kier alpha value is -2.93. The van der Waals surface area contributed by atoms with Gasteiger partial charge in [-0.2, -0.15) is 0 Å². The van der Waals surface area contributed by atoms with Gasteiger partial charge in [0.05, 0.1) is 6.54 Å². The summed E-state index contributed by atoms with van der Waals surface area (Å²) >= 11 is 3.48. The number of unbranched alkanes of at least 4 members (excludes halogenated alkanes) is 2. The molecule has 0 aliphatic rings. The summed E-state index contributed by atoms with van der Waals surface area (Å²) in [6.07, 6.45) is 5.54. The van der Waals surface area contributed by atoms with Crippen LogP contribution in [0.1, 0.15) is 61.1 Å². The lowest BCUT2D eigenvalue weighted by molar-refractivity contribution is -0.132. The van der Waals surface area contributed by atoms with Gasteiger partial charge in [-0.1, -0.05) is 60.8 Å². The van der Waals surface area contributed by atoms with E-state index in [9.17, 15) is 14.0 Å². The predicted molar refractivity (Wildman–Crippen MR) is 145 cm³/mol. The molecule has 2 aromatic carbocycles. The van der Waals surface area contributed by atoms with E-state index in [1.807, 2.05) is 42.3 Å². The van der Waals surface area contributed by atoms with Gasteiger partial charge in [0.25, 0.3) is 5.91 Å². The summed E-state index contributed by atoms with van der Waals surface area (Å²) in [7, 11) is 0. The van der Waals surface area contributed by atoms with Crippen LogP contribution in [0.15, 0.2) is 71.3 Å². The molecule has 0 N–H and O–H groups in total. The van der Waals surface area contributed by atoms with Crippen molar-refractivity contribution in [2.24, 2.45) is 0 Å². The minimum Gasteiger partial charge on any atom is -0.345 e. The number of carbonyl (C=O) groups is 2. The second-order valence-corrected chi connectivity index (χ2v) is 9.93. The molecule has 0 saturated carbocycles. The van der Waals surface area contributed by atoms with Crippen LogP contribution < -0.4 is 0 Å². The van der Waals surface area contributed by atoms with E-state index in [4.69, 9.17) is 0 Å². The first kappa shape index (κ1) is 27.7. The summed E-state index contributed by atoms with van der Waals surface area (Å²) in [5, 5.41) is 0. The van der Waals surface area contributed by atoms with Crippen LogP contribution in [-0.4, -0.2) is 45.8 Å². The van der Waals surface area contributed by atoms with E-state index >= 15 is 0 Å². The Bertz CT molecular complexity index is 1130. The second-order valence-electron chi connectivity index (χ2n) is 9.01. The average molecular weight is 557 g/mol. The van der Waals surface area contributed by atoms with Crippen LogP contribution in [-0.2, 0) is 17.9 Å². The maximum atomic E-state index is 13.7. The third-order valence-corrected chi connectivity index (χ3v) is 6.67. The zero-order valence-corrected chi connectivity index (χ0v) is 22.7. The van der Waals surface area contributed by atoms with Crippen molar-refractivity contribution in [2.45, 2.75) is 52.6 Å². The van der Waals surface area contributed by atoms with Crippen LogP contribution in [0.2, 0.25) is 0 Å². The Morgan fingerprint density at radius 2 is 1.61 bits per heavy atom. The SMILES string of the molecule is CCCCN(Cc1cccn1Cc1ccc(Br)cc1)C(=O)CN(CCCC)C(=O)c1cccc(F)c1. The van der Waals surface area contributed by atoms with E-state index in [1.165, 1.54) is 23.8 Å². The third kappa shape index (κ3) is 8.05. The van der Waals surface area contributed by atoms with Gasteiger partial charge in [-0.25, -0.2) is 4.39 Å². The minimum atomic E-state index is -0.460. The molecule has 1 aromatic heterocycles. The number of rotatable bonds is 13. The maximum Gasteiger partial charge on any atom is 0.254 e. The van der Waals surface area contributed by atoms with E-state index in [-0.39, 0.29) is 23.9 Å². The van der Waals surface area contributed by atoms with Gasteiger partial charge in [0.15, 0.2) is 0 Å². The second kappa shape index (κ2) is 14.0. The topological polar surface area (TPSA) is 45.6 Å². The molecular formula is C29H35BrFN3O2. The summed E-state index contributed by atoms with van der Waals surface area (Å²) in [5.74, 6) is -0.871. The van der Waals surface area contributed by atoms with Crippen molar-refractivity contribution in [1.29, 1.82) is 0 Å². The van der Waals surface area contributed by atoms with E-state index < -0.39 is 5.82 Å². The molecule has 1 heterocycles. The summed E-state index contributed by atoms with van der Waals surface area (Å²) < 4.78 is 16.9. The van der Waals surface area contributed by atoms with E-state index in [2.05, 4.69) is 39.6 Å². The number of nitrogens with zero attached hydrogens (tertiary/aromatic N) is 3. The number of hydrogen-bond donors (Lipinski definition) is 0. The maximum absolute atomic E-state index is 13.7. The first-order valence-corrected chi connectivity index (χ1v) is 13.4. The molecule has 0 bridgehead atoms. The van der Waals surface area contributed by atoms with Crippen molar-refractivity contribution in [3.8, 4) is 0 Å². The molecule has 0 fully saturated rings. The highest BCUT2D eigenvalue weighted by Crippen LogP contribution is 2.16. The fourth-order valence-corrected chi connectivity index (χ4v) is 4.30. The monoisotopic (exact) mass is 555 g/mol. The van der Waals surface area contributed by atoms with Crippen LogP contribution in [0.4, 0.5) is 4.39 Å². The number of hydrogen-bond acceptors (Lipinski definition) is 2. The quantitative estimate of drug-likeness (QED) is 0.241. The van der Waals surface area contributed by atoms with Gasteiger partial charge in [0.2, 0.25) is 5.91 Å². The highest BCUT2D eigenvalue weighted by Gasteiger charge is 2.23. The molecule has 3 aromatic rings. The van der Waals surface area contributed by atoms with Crippen LogP contribution in [0.3, 0.4) is 0 Å². The Kier molecular flexibility index (Phi) is 10.7. The van der Waals surface area contributed by atoms with E-state index in [0.29, 0.717) is 26.2 Å². The lowest BCUT2D eigenvalue weighted by Gasteiger charge is -2.28. The van der Waals surface area contributed by atoms with Gasteiger partial charge < -0.3 is 14.4 Å². The fraction of sp³-hybridized carbons (Fsp3) is 0.379. The van der Waals surface area contributed by atoms with Crippen molar-refractivity contribution >= 4 is 27.7 Å². The Balaban J connectivity index is 1.75. The number of amides is 2. The van der Waals surface area contributed by atoms with Gasteiger partial charge in [0.1, 0.15) is 12.4 Å². The van der Waals surface area contributed by atoms with Gasteiger partial charge in [-0.05, 0) is 60.9 Å². The molecule has 0 unspecified atom stereocenters. The lowest BCUT2D eigenvalue weighted by Crippen LogP contribution is -2.43. The number of aromatic nitrogens is 1. The Morgan fingerprint density at radius 3 is 2.28 bits per heavy atom. The molecule has 36 heavy (non-hydrogen) atoms. The van der Waals surface area contributed by atoms with Crippen molar-refractivity contribution < 1.29 is 14.0 Å². The highest BCUT2D eigenvalue weighted by atomic mass is 79.9. The van der Waals surface area contributed by atoms with Gasteiger partial charge >= 0.3 is 0 Å². The fourth-order valence-electron chi connectivity index (χ4n) is 4.04. The van der Waals surface area contributed by atoms with Crippen molar-refractivity contribution in [2.75, 3.05) is 19.6 Å². The van der Waals surface area contributed by atoms with E-state index in [1.54, 1.807) is 11.0 Å². The summed E-state index contributed by atoms with van der Waals surface area (Å²) in [4.78, 5) is 30.1. The molecule has 0 aliphatic carbocycles.